The van der Waals surface area contributed by atoms with Crippen LogP contribution < -0.4 is 0 Å². The Labute approximate surface area is 126 Å². The molecule has 0 N–H and O–H groups in total. The molecule has 1 rings (SSSR count). The summed E-state index contributed by atoms with van der Waals surface area (Å²) in [5, 5.41) is 5.62. The maximum Gasteiger partial charge on any atom is 2.00 e. The molecule has 0 saturated carbocycles. The third-order valence-corrected chi connectivity index (χ3v) is 1.79. The van der Waals surface area contributed by atoms with Crippen molar-refractivity contribution in [2.24, 2.45) is 10.2 Å². The molecule has 0 unspecified atom stereocenters. The van der Waals surface area contributed by atoms with Crippen molar-refractivity contribution < 1.29 is 31.1 Å². The molecule has 0 radical (unpaired) electrons. The van der Waals surface area contributed by atoms with Crippen LogP contribution in [0.3, 0.4) is 0 Å². The largest absolute Gasteiger partial charge is 2.00 e. The van der Waals surface area contributed by atoms with Gasteiger partial charge in [-0.3, -0.25) is 0 Å². The van der Waals surface area contributed by atoms with Crippen LogP contribution in [0, 0.1) is 38.0 Å². The molecule has 0 amide bonds. The number of hydrogen-bond donors (Lipinski definition) is 0. The molecule has 0 atom stereocenters. The first-order valence-corrected chi connectivity index (χ1v) is 4.67. The van der Waals surface area contributed by atoms with Gasteiger partial charge in [0.2, 0.25) is 0 Å². The number of nitrogens with zero attached hydrogens (tertiary/aromatic N) is 4. The van der Waals surface area contributed by atoms with Crippen molar-refractivity contribution in [3.8, 4) is 0 Å². The Morgan fingerprint density at radius 1 is 1.29 bits per heavy atom. The van der Waals surface area contributed by atoms with E-state index < -0.39 is 0 Å². The number of hydrogen-bond acceptors (Lipinski definition) is 2. The molecule has 0 spiro atoms. The van der Waals surface area contributed by atoms with Gasteiger partial charge in [-0.1, -0.05) is 30.9 Å². The van der Waals surface area contributed by atoms with Gasteiger partial charge in [-0.15, -0.1) is 0 Å². The second-order valence-corrected chi connectivity index (χ2v) is 2.94. The first-order chi connectivity index (χ1) is 7.69. The van der Waals surface area contributed by atoms with Crippen LogP contribution in [0.4, 0.5) is 5.69 Å². The van der Waals surface area contributed by atoms with E-state index in [1.165, 1.54) is 7.05 Å². The molecule has 0 heterocycles. The molecule has 0 aromatic heterocycles. The molecule has 1 aromatic rings. The zero-order chi connectivity index (χ0) is 12.4. The van der Waals surface area contributed by atoms with Crippen LogP contribution in [0.2, 0.25) is 0 Å². The van der Waals surface area contributed by atoms with Crippen LogP contribution in [0.5, 0.6) is 0 Å². The van der Waals surface area contributed by atoms with Crippen molar-refractivity contribution in [3.05, 3.63) is 59.1 Å². The van der Waals surface area contributed by atoms with E-state index in [0.717, 1.165) is 11.1 Å². The average Bonchev–Trinajstić information content (AvgIpc) is 2.29. The Bertz CT molecular complexity index is 399. The van der Waals surface area contributed by atoms with Crippen molar-refractivity contribution >= 4 is 11.8 Å². The maximum atomic E-state index is 8.56. The van der Waals surface area contributed by atoms with Crippen molar-refractivity contribution in [3.63, 3.8) is 0 Å². The monoisotopic (exact) mass is 452 g/mol. The van der Waals surface area contributed by atoms with Crippen LogP contribution >= 0.6 is 0 Å². The van der Waals surface area contributed by atoms with Crippen LogP contribution in [0.15, 0.2) is 47.2 Å². The molecule has 0 aliphatic rings. The van der Waals surface area contributed by atoms with E-state index in [0.29, 0.717) is 5.69 Å². The summed E-state index contributed by atoms with van der Waals surface area (Å²) in [6.07, 6.45) is 5.49. The van der Waals surface area contributed by atoms with Crippen LogP contribution in [-0.2, 0) is 0 Å². The van der Waals surface area contributed by atoms with Gasteiger partial charge in [0.1, 0.15) is 0 Å². The summed E-state index contributed by atoms with van der Waals surface area (Å²) in [5.74, 6) is 0. The Balaban J connectivity index is 0. The van der Waals surface area contributed by atoms with Gasteiger partial charge in [-0.2, -0.15) is 0 Å². The van der Waals surface area contributed by atoms with E-state index in [4.69, 9.17) is 11.1 Å². The molecule has 0 saturated heterocycles. The van der Waals surface area contributed by atoms with E-state index in [1.54, 1.807) is 12.1 Å². The predicted molar refractivity (Wildman–Crippen MR) is 67.6 cm³/mol. The standard InChI is InChI=1S/C11H11N2.CH3N2.U/c1-3-4-5-10-8-11(13-12)7-6-9(10)2;1-3-2;/h3-8H,1H2,2H3;1H3;/q2*-1;+2/b5-4-;;. The van der Waals surface area contributed by atoms with Crippen molar-refractivity contribution in [2.75, 3.05) is 7.05 Å². The van der Waals surface area contributed by atoms with Crippen LogP contribution in [0.25, 0.3) is 17.1 Å². The van der Waals surface area contributed by atoms with Crippen molar-refractivity contribution in [2.45, 2.75) is 6.92 Å². The number of allylic oxidation sites excluding steroid dienone is 2. The van der Waals surface area contributed by atoms with Gasteiger partial charge in [0.05, 0.1) is 0 Å². The summed E-state index contributed by atoms with van der Waals surface area (Å²) in [7, 11) is 1.31. The van der Waals surface area contributed by atoms with E-state index in [-0.39, 0.29) is 31.1 Å². The summed E-state index contributed by atoms with van der Waals surface area (Å²) < 4.78 is 0. The van der Waals surface area contributed by atoms with Crippen LogP contribution in [0.1, 0.15) is 11.1 Å². The third-order valence-electron chi connectivity index (χ3n) is 1.79. The zero-order valence-electron chi connectivity index (χ0n) is 9.96. The smallest absolute Gasteiger partial charge is 0.712 e. The van der Waals surface area contributed by atoms with Gasteiger partial charge in [-0.25, -0.2) is 0 Å². The number of benzene rings is 1. The van der Waals surface area contributed by atoms with E-state index >= 15 is 0 Å². The Morgan fingerprint density at radius 2 is 1.88 bits per heavy atom. The first kappa shape index (κ1) is 18.3. The van der Waals surface area contributed by atoms with Gasteiger partial charge < -0.3 is 21.3 Å². The third kappa shape index (κ3) is 7.78. The quantitative estimate of drug-likeness (QED) is 0.479. The average molecular weight is 452 g/mol. The van der Waals surface area contributed by atoms with Gasteiger partial charge in [0.15, 0.2) is 0 Å². The number of aryl methyl sites for hydroxylation is 1. The van der Waals surface area contributed by atoms with Crippen LogP contribution in [-0.4, -0.2) is 7.05 Å². The minimum Gasteiger partial charge on any atom is -0.712 e. The maximum absolute atomic E-state index is 8.56. The number of rotatable bonds is 3. The molecular formula is C12H14N4U. The fraction of sp³-hybridized carbons (Fsp3) is 0.167. The zero-order valence-corrected chi connectivity index (χ0v) is 14.1. The SMILES string of the molecule is C=C/C=C\c1cc(N=[N-])ccc1C.CN=[N-].[U+2]. The second kappa shape index (κ2) is 11.4. The molecule has 86 valence electrons. The summed E-state index contributed by atoms with van der Waals surface area (Å²) >= 11 is 0. The van der Waals surface area contributed by atoms with E-state index in [2.05, 4.69) is 16.8 Å². The van der Waals surface area contributed by atoms with Gasteiger partial charge in [0, 0.05) is 12.7 Å². The Kier molecular flexibility index (Phi) is 12.3. The summed E-state index contributed by atoms with van der Waals surface area (Å²) in [6.45, 7) is 5.59. The van der Waals surface area contributed by atoms with E-state index in [9.17, 15) is 0 Å². The van der Waals surface area contributed by atoms with Gasteiger partial charge >= 0.3 is 31.1 Å². The molecule has 0 bridgehead atoms. The summed E-state index contributed by atoms with van der Waals surface area (Å²) in [4.78, 5) is 0. The van der Waals surface area contributed by atoms with Gasteiger partial charge in [0.25, 0.3) is 0 Å². The fourth-order valence-corrected chi connectivity index (χ4v) is 1.04. The molecule has 0 fully saturated rings. The molecular weight excluding hydrogens is 438 g/mol. The normalized spacial score (nSPS) is 8.59. The molecule has 1 aromatic carbocycles. The minimum atomic E-state index is 0. The molecule has 4 nitrogen and oxygen atoms in total. The summed E-state index contributed by atoms with van der Waals surface area (Å²) in [6, 6.07) is 5.49. The van der Waals surface area contributed by atoms with Crippen molar-refractivity contribution in [1.82, 2.24) is 0 Å². The molecule has 17 heavy (non-hydrogen) atoms. The predicted octanol–water partition coefficient (Wildman–Crippen LogP) is 4.49. The van der Waals surface area contributed by atoms with E-state index in [1.807, 2.05) is 31.2 Å². The minimum absolute atomic E-state index is 0. The molecule has 5 heteroatoms. The molecule has 0 aliphatic carbocycles. The Hall–Kier alpha value is -1.05. The fourth-order valence-electron chi connectivity index (χ4n) is 1.04. The molecule has 0 aliphatic heterocycles. The Morgan fingerprint density at radius 3 is 2.35 bits per heavy atom. The second-order valence-electron chi connectivity index (χ2n) is 2.94. The van der Waals surface area contributed by atoms with Crippen molar-refractivity contribution in [1.29, 1.82) is 0 Å². The first-order valence-electron chi connectivity index (χ1n) is 4.67. The summed E-state index contributed by atoms with van der Waals surface area (Å²) in [5.41, 5.74) is 18.5. The topological polar surface area (TPSA) is 69.3 Å². The van der Waals surface area contributed by atoms with Gasteiger partial charge in [-0.05, 0) is 30.2 Å².